The van der Waals surface area contributed by atoms with Gasteiger partial charge in [0.1, 0.15) is 0 Å². The maximum absolute atomic E-state index is 12.5. The molecule has 1 heterocycles. The topological polar surface area (TPSA) is 91.8 Å². The highest BCUT2D eigenvalue weighted by atomic mass is 32.2. The zero-order valence-corrected chi connectivity index (χ0v) is 12.5. The van der Waals surface area contributed by atoms with E-state index in [2.05, 4.69) is 0 Å². The minimum atomic E-state index is -3.29. The molecule has 114 valence electrons. The quantitative estimate of drug-likeness (QED) is 0.887. The lowest BCUT2D eigenvalue weighted by atomic mass is 10.1. The third-order valence-corrected chi connectivity index (χ3v) is 5.20. The molecular formula is C14H17NO5S. The highest BCUT2D eigenvalue weighted by Gasteiger charge is 2.35. The van der Waals surface area contributed by atoms with Crippen molar-refractivity contribution in [1.29, 1.82) is 0 Å². The maximum atomic E-state index is 12.5. The van der Waals surface area contributed by atoms with Gasteiger partial charge in [0, 0.05) is 12.1 Å². The second-order valence-corrected chi connectivity index (χ2v) is 7.46. The molecule has 1 aliphatic rings. The highest BCUT2D eigenvalue weighted by Crippen LogP contribution is 2.18. The molecule has 1 N–H and O–H groups in total. The molecule has 0 aliphatic carbocycles. The summed E-state index contributed by atoms with van der Waals surface area (Å²) in [6, 6.07) is 6.10. The van der Waals surface area contributed by atoms with Gasteiger partial charge >= 0.3 is 5.97 Å². The van der Waals surface area contributed by atoms with Crippen LogP contribution in [0, 0.1) is 6.92 Å². The second-order valence-electron chi connectivity index (χ2n) is 5.23. The fourth-order valence-electron chi connectivity index (χ4n) is 2.39. The molecule has 6 nitrogen and oxygen atoms in total. The van der Waals surface area contributed by atoms with Gasteiger partial charge in [-0.25, -0.2) is 8.42 Å². The van der Waals surface area contributed by atoms with Crippen LogP contribution < -0.4 is 0 Å². The number of rotatable bonds is 3. The van der Waals surface area contributed by atoms with Crippen LogP contribution in [0.15, 0.2) is 24.3 Å². The molecule has 1 aliphatic heterocycles. The highest BCUT2D eigenvalue weighted by molar-refractivity contribution is 7.91. The monoisotopic (exact) mass is 311 g/mol. The first-order chi connectivity index (χ1) is 9.78. The standard InChI is InChI=1S/C14H17NO5S/c1-10-2-4-11(5-3-10)14(18)15-6-7-21(19,20)9-12(15)8-13(16)17/h2-5,12H,6-9H2,1H3,(H,16,17). The Balaban J connectivity index is 2.24. The first kappa shape index (κ1) is 15.5. The molecule has 1 atom stereocenters. The second kappa shape index (κ2) is 5.85. The van der Waals surface area contributed by atoms with Gasteiger partial charge in [0.25, 0.3) is 5.91 Å². The Morgan fingerprint density at radius 2 is 1.90 bits per heavy atom. The fourth-order valence-corrected chi connectivity index (χ4v) is 3.91. The van der Waals surface area contributed by atoms with Gasteiger partial charge in [-0.3, -0.25) is 9.59 Å². The fraction of sp³-hybridized carbons (Fsp3) is 0.429. The van der Waals surface area contributed by atoms with Gasteiger partial charge in [-0.1, -0.05) is 17.7 Å². The Morgan fingerprint density at radius 3 is 2.48 bits per heavy atom. The molecule has 1 aromatic rings. The zero-order valence-electron chi connectivity index (χ0n) is 11.7. The minimum Gasteiger partial charge on any atom is -0.481 e. The number of carboxylic acid groups (broad SMARTS) is 1. The normalized spacial score (nSPS) is 21.0. The molecule has 1 saturated heterocycles. The molecule has 0 aromatic heterocycles. The summed E-state index contributed by atoms with van der Waals surface area (Å²) in [4.78, 5) is 24.7. The molecule has 1 fully saturated rings. The number of sulfone groups is 1. The average molecular weight is 311 g/mol. The lowest BCUT2D eigenvalue weighted by molar-refractivity contribution is -0.138. The Kier molecular flexibility index (Phi) is 4.32. The third kappa shape index (κ3) is 3.81. The Morgan fingerprint density at radius 1 is 1.29 bits per heavy atom. The van der Waals surface area contributed by atoms with Crippen molar-refractivity contribution in [2.45, 2.75) is 19.4 Å². The van der Waals surface area contributed by atoms with Gasteiger partial charge in [-0.05, 0) is 19.1 Å². The van der Waals surface area contributed by atoms with Crippen LogP contribution in [0.3, 0.4) is 0 Å². The number of amides is 1. The summed E-state index contributed by atoms with van der Waals surface area (Å²) in [7, 11) is -3.29. The van der Waals surface area contributed by atoms with Crippen LogP contribution in [0.4, 0.5) is 0 Å². The van der Waals surface area contributed by atoms with Gasteiger partial charge in [0.15, 0.2) is 9.84 Å². The summed E-state index contributed by atoms with van der Waals surface area (Å²) >= 11 is 0. The van der Waals surface area contributed by atoms with Crippen molar-refractivity contribution < 1.29 is 23.1 Å². The van der Waals surface area contributed by atoms with E-state index in [0.717, 1.165) is 5.56 Å². The van der Waals surface area contributed by atoms with Crippen LogP contribution in [0.1, 0.15) is 22.3 Å². The third-order valence-electron chi connectivity index (χ3n) is 3.50. The van der Waals surface area contributed by atoms with E-state index in [4.69, 9.17) is 5.11 Å². The first-order valence-corrected chi connectivity index (χ1v) is 8.40. The summed E-state index contributed by atoms with van der Waals surface area (Å²) < 4.78 is 23.3. The van der Waals surface area contributed by atoms with E-state index >= 15 is 0 Å². The van der Waals surface area contributed by atoms with Crippen molar-refractivity contribution in [3.63, 3.8) is 0 Å². The van der Waals surface area contributed by atoms with E-state index in [0.29, 0.717) is 5.56 Å². The van der Waals surface area contributed by atoms with E-state index in [1.54, 1.807) is 24.3 Å². The molecule has 0 saturated carbocycles. The summed E-state index contributed by atoms with van der Waals surface area (Å²) in [5.74, 6) is -1.85. The molecule has 1 unspecified atom stereocenters. The minimum absolute atomic E-state index is 0.0347. The number of hydrogen-bond donors (Lipinski definition) is 1. The van der Waals surface area contributed by atoms with Crippen LogP contribution in [-0.4, -0.2) is 54.4 Å². The van der Waals surface area contributed by atoms with Gasteiger partial charge in [0.05, 0.1) is 24.0 Å². The van der Waals surface area contributed by atoms with Crippen molar-refractivity contribution in [2.75, 3.05) is 18.1 Å². The van der Waals surface area contributed by atoms with E-state index < -0.39 is 21.8 Å². The largest absolute Gasteiger partial charge is 0.481 e. The SMILES string of the molecule is Cc1ccc(C(=O)N2CCS(=O)(=O)CC2CC(=O)O)cc1. The Hall–Kier alpha value is -1.89. The molecule has 21 heavy (non-hydrogen) atoms. The van der Waals surface area contributed by atoms with E-state index in [-0.39, 0.29) is 30.4 Å². The average Bonchev–Trinajstić information content (AvgIpc) is 2.37. The van der Waals surface area contributed by atoms with Gasteiger partial charge in [0.2, 0.25) is 0 Å². The maximum Gasteiger partial charge on any atom is 0.305 e. The zero-order chi connectivity index (χ0) is 15.6. The first-order valence-electron chi connectivity index (χ1n) is 6.58. The van der Waals surface area contributed by atoms with Crippen LogP contribution in [0.25, 0.3) is 0 Å². The van der Waals surface area contributed by atoms with Gasteiger partial charge in [-0.2, -0.15) is 0 Å². The predicted molar refractivity (Wildman–Crippen MR) is 76.9 cm³/mol. The van der Waals surface area contributed by atoms with Crippen molar-refractivity contribution in [1.82, 2.24) is 4.90 Å². The molecule has 0 bridgehead atoms. The van der Waals surface area contributed by atoms with E-state index in [1.165, 1.54) is 4.90 Å². The van der Waals surface area contributed by atoms with Crippen LogP contribution in [-0.2, 0) is 14.6 Å². The number of nitrogens with zero attached hydrogens (tertiary/aromatic N) is 1. The number of benzene rings is 1. The predicted octanol–water partition coefficient (Wildman–Crippen LogP) is 0.709. The van der Waals surface area contributed by atoms with Crippen molar-refractivity contribution in [2.24, 2.45) is 0 Å². The number of aryl methyl sites for hydroxylation is 1. The lowest BCUT2D eigenvalue weighted by Crippen LogP contribution is -2.52. The van der Waals surface area contributed by atoms with Crippen LogP contribution >= 0.6 is 0 Å². The molecule has 1 amide bonds. The van der Waals surface area contributed by atoms with Gasteiger partial charge in [-0.15, -0.1) is 0 Å². The van der Waals surface area contributed by atoms with Crippen LogP contribution in [0.5, 0.6) is 0 Å². The van der Waals surface area contributed by atoms with Gasteiger partial charge < -0.3 is 10.0 Å². The number of carboxylic acids is 1. The number of aliphatic carboxylic acids is 1. The number of carbonyl (C=O) groups is 2. The Bertz CT molecular complexity index is 650. The molecule has 0 spiro atoms. The lowest BCUT2D eigenvalue weighted by Gasteiger charge is -2.34. The summed E-state index contributed by atoms with van der Waals surface area (Å²) in [5.41, 5.74) is 1.45. The van der Waals surface area contributed by atoms with Crippen molar-refractivity contribution >= 4 is 21.7 Å². The van der Waals surface area contributed by atoms with E-state index in [9.17, 15) is 18.0 Å². The molecule has 1 aromatic carbocycles. The molecule has 7 heteroatoms. The van der Waals surface area contributed by atoms with E-state index in [1.807, 2.05) is 6.92 Å². The summed E-state index contributed by atoms with van der Waals surface area (Å²) in [6.45, 7) is 1.93. The van der Waals surface area contributed by atoms with Crippen molar-refractivity contribution in [3.05, 3.63) is 35.4 Å². The van der Waals surface area contributed by atoms with Crippen molar-refractivity contribution in [3.8, 4) is 0 Å². The van der Waals surface area contributed by atoms with Crippen LogP contribution in [0.2, 0.25) is 0 Å². The smallest absolute Gasteiger partial charge is 0.305 e. The summed E-state index contributed by atoms with van der Waals surface area (Å²) in [5, 5.41) is 8.91. The molecular weight excluding hydrogens is 294 g/mol. The Labute approximate surface area is 123 Å². The summed E-state index contributed by atoms with van der Waals surface area (Å²) in [6.07, 6.45) is -0.364. The molecule has 2 rings (SSSR count). The number of carbonyl (C=O) groups excluding carboxylic acids is 1. The molecule has 0 radical (unpaired) electrons. The number of hydrogen-bond acceptors (Lipinski definition) is 4.